The van der Waals surface area contributed by atoms with Crippen LogP contribution in [-0.4, -0.2) is 19.1 Å². The zero-order chi connectivity index (χ0) is 15.8. The number of para-hydroxylation sites is 2. The molecule has 0 spiro atoms. The van der Waals surface area contributed by atoms with E-state index in [1.165, 1.54) is 0 Å². The number of amides is 1. The van der Waals surface area contributed by atoms with E-state index in [2.05, 4.69) is 5.32 Å². The molecule has 0 saturated heterocycles. The first kappa shape index (κ1) is 16.2. The van der Waals surface area contributed by atoms with Crippen molar-refractivity contribution in [2.75, 3.05) is 18.5 Å². The summed E-state index contributed by atoms with van der Waals surface area (Å²) in [7, 11) is 0. The van der Waals surface area contributed by atoms with Crippen molar-refractivity contribution in [1.82, 2.24) is 0 Å². The number of carbonyl (C=O) groups excluding carboxylic acids is 1. The third kappa shape index (κ3) is 4.97. The number of benzene rings is 2. The van der Waals surface area contributed by atoms with Crippen LogP contribution in [0.1, 0.15) is 13.3 Å². The van der Waals surface area contributed by atoms with Gasteiger partial charge in [-0.3, -0.25) is 4.79 Å². The Balaban J connectivity index is 1.91. The minimum absolute atomic E-state index is 0.0982. The molecule has 5 heteroatoms. The largest absolute Gasteiger partial charge is 0.490 e. The van der Waals surface area contributed by atoms with Crippen LogP contribution in [0.3, 0.4) is 0 Å². The van der Waals surface area contributed by atoms with Crippen LogP contribution in [-0.2, 0) is 4.79 Å². The SMILES string of the molecule is CCCOc1ccccc1OCC(=O)Nc1cccc(Cl)c1. The fourth-order valence-corrected chi connectivity index (χ4v) is 2.00. The average Bonchev–Trinajstić information content (AvgIpc) is 2.51. The minimum atomic E-state index is -0.257. The smallest absolute Gasteiger partial charge is 0.262 e. The number of hydrogen-bond donors (Lipinski definition) is 1. The van der Waals surface area contributed by atoms with E-state index in [0.717, 1.165) is 6.42 Å². The summed E-state index contributed by atoms with van der Waals surface area (Å²) in [4.78, 5) is 11.9. The number of anilines is 1. The molecular weight excluding hydrogens is 302 g/mol. The van der Waals surface area contributed by atoms with Gasteiger partial charge in [0.25, 0.3) is 5.91 Å². The third-order valence-electron chi connectivity index (χ3n) is 2.78. The van der Waals surface area contributed by atoms with Crippen LogP contribution in [0.5, 0.6) is 11.5 Å². The zero-order valence-electron chi connectivity index (χ0n) is 12.3. The van der Waals surface area contributed by atoms with E-state index >= 15 is 0 Å². The van der Waals surface area contributed by atoms with Gasteiger partial charge in [0.1, 0.15) is 0 Å². The molecule has 2 rings (SSSR count). The first-order valence-electron chi connectivity index (χ1n) is 7.09. The molecule has 0 radical (unpaired) electrons. The highest BCUT2D eigenvalue weighted by Gasteiger charge is 2.08. The number of rotatable bonds is 7. The number of ether oxygens (including phenoxy) is 2. The summed E-state index contributed by atoms with van der Waals surface area (Å²) in [5, 5.41) is 3.29. The second kappa shape index (κ2) is 8.29. The van der Waals surface area contributed by atoms with Gasteiger partial charge >= 0.3 is 0 Å². The highest BCUT2D eigenvalue weighted by Crippen LogP contribution is 2.26. The lowest BCUT2D eigenvalue weighted by molar-refractivity contribution is -0.118. The molecular formula is C17H18ClNO3. The van der Waals surface area contributed by atoms with E-state index in [-0.39, 0.29) is 12.5 Å². The van der Waals surface area contributed by atoms with E-state index in [1.54, 1.807) is 30.3 Å². The van der Waals surface area contributed by atoms with Crippen molar-refractivity contribution < 1.29 is 14.3 Å². The monoisotopic (exact) mass is 319 g/mol. The van der Waals surface area contributed by atoms with Crippen molar-refractivity contribution in [1.29, 1.82) is 0 Å². The van der Waals surface area contributed by atoms with Gasteiger partial charge in [-0.05, 0) is 36.8 Å². The highest BCUT2D eigenvalue weighted by atomic mass is 35.5. The lowest BCUT2D eigenvalue weighted by Gasteiger charge is -2.12. The van der Waals surface area contributed by atoms with Gasteiger partial charge in [-0.1, -0.05) is 36.7 Å². The summed E-state index contributed by atoms with van der Waals surface area (Å²) in [6.45, 7) is 2.54. The molecule has 1 amide bonds. The van der Waals surface area contributed by atoms with Gasteiger partial charge in [0.05, 0.1) is 6.61 Å². The second-order valence-electron chi connectivity index (χ2n) is 4.64. The molecule has 0 saturated carbocycles. The van der Waals surface area contributed by atoms with E-state index in [9.17, 15) is 4.79 Å². The molecule has 116 valence electrons. The maximum Gasteiger partial charge on any atom is 0.262 e. The second-order valence-corrected chi connectivity index (χ2v) is 5.08. The lowest BCUT2D eigenvalue weighted by atomic mass is 10.3. The van der Waals surface area contributed by atoms with Gasteiger partial charge in [-0.15, -0.1) is 0 Å². The maximum atomic E-state index is 11.9. The minimum Gasteiger partial charge on any atom is -0.490 e. The fraction of sp³-hybridized carbons (Fsp3) is 0.235. The Hall–Kier alpha value is -2.20. The van der Waals surface area contributed by atoms with Crippen LogP contribution in [0.15, 0.2) is 48.5 Å². The van der Waals surface area contributed by atoms with Crippen molar-refractivity contribution >= 4 is 23.2 Å². The van der Waals surface area contributed by atoms with Gasteiger partial charge in [-0.2, -0.15) is 0 Å². The molecule has 1 N–H and O–H groups in total. The van der Waals surface area contributed by atoms with E-state index in [1.807, 2.05) is 25.1 Å². The molecule has 0 aliphatic rings. The standard InChI is InChI=1S/C17H18ClNO3/c1-2-10-21-15-8-3-4-9-16(15)22-12-17(20)19-14-7-5-6-13(18)11-14/h3-9,11H,2,10,12H2,1H3,(H,19,20). The average molecular weight is 320 g/mol. The maximum absolute atomic E-state index is 11.9. The Morgan fingerprint density at radius 1 is 1.09 bits per heavy atom. The summed E-state index contributed by atoms with van der Waals surface area (Å²) >= 11 is 5.87. The van der Waals surface area contributed by atoms with Crippen LogP contribution >= 0.6 is 11.6 Å². The molecule has 0 unspecified atom stereocenters. The topological polar surface area (TPSA) is 47.6 Å². The van der Waals surface area contributed by atoms with Crippen LogP contribution < -0.4 is 14.8 Å². The summed E-state index contributed by atoms with van der Waals surface area (Å²) < 4.78 is 11.1. The number of nitrogens with one attached hydrogen (secondary N) is 1. The first-order chi connectivity index (χ1) is 10.7. The summed E-state index contributed by atoms with van der Waals surface area (Å²) in [6, 6.07) is 14.3. The van der Waals surface area contributed by atoms with Gasteiger partial charge < -0.3 is 14.8 Å². The van der Waals surface area contributed by atoms with Crippen molar-refractivity contribution in [3.05, 3.63) is 53.6 Å². The first-order valence-corrected chi connectivity index (χ1v) is 7.47. The number of carbonyl (C=O) groups is 1. The van der Waals surface area contributed by atoms with E-state index < -0.39 is 0 Å². The van der Waals surface area contributed by atoms with Crippen LogP contribution in [0, 0.1) is 0 Å². The molecule has 0 aliphatic heterocycles. The summed E-state index contributed by atoms with van der Waals surface area (Å²) in [6.07, 6.45) is 0.906. The predicted molar refractivity (Wildman–Crippen MR) is 87.8 cm³/mol. The highest BCUT2D eigenvalue weighted by molar-refractivity contribution is 6.30. The molecule has 2 aromatic carbocycles. The van der Waals surface area contributed by atoms with Crippen LogP contribution in [0.2, 0.25) is 5.02 Å². The summed E-state index contributed by atoms with van der Waals surface area (Å²) in [5.41, 5.74) is 0.636. The van der Waals surface area contributed by atoms with Crippen LogP contribution in [0.25, 0.3) is 0 Å². The molecule has 0 atom stereocenters. The molecule has 0 heterocycles. The van der Waals surface area contributed by atoms with Crippen LogP contribution in [0.4, 0.5) is 5.69 Å². The van der Waals surface area contributed by atoms with Gasteiger partial charge in [0, 0.05) is 10.7 Å². The lowest BCUT2D eigenvalue weighted by Crippen LogP contribution is -2.20. The van der Waals surface area contributed by atoms with Gasteiger partial charge in [0.2, 0.25) is 0 Å². The van der Waals surface area contributed by atoms with E-state index in [0.29, 0.717) is 28.8 Å². The number of halogens is 1. The zero-order valence-corrected chi connectivity index (χ0v) is 13.1. The predicted octanol–water partition coefficient (Wildman–Crippen LogP) is 4.15. The molecule has 4 nitrogen and oxygen atoms in total. The summed E-state index contributed by atoms with van der Waals surface area (Å²) in [5.74, 6) is 0.935. The van der Waals surface area contributed by atoms with Crippen molar-refractivity contribution in [2.24, 2.45) is 0 Å². The Morgan fingerprint density at radius 2 is 1.82 bits per heavy atom. The quantitative estimate of drug-likeness (QED) is 0.834. The molecule has 0 aliphatic carbocycles. The number of hydrogen-bond acceptors (Lipinski definition) is 3. The fourth-order valence-electron chi connectivity index (χ4n) is 1.81. The molecule has 2 aromatic rings. The van der Waals surface area contributed by atoms with Crippen molar-refractivity contribution in [3.8, 4) is 11.5 Å². The third-order valence-corrected chi connectivity index (χ3v) is 3.01. The normalized spacial score (nSPS) is 10.1. The molecule has 0 bridgehead atoms. The van der Waals surface area contributed by atoms with Gasteiger partial charge in [0.15, 0.2) is 18.1 Å². The molecule has 0 aromatic heterocycles. The Kier molecular flexibility index (Phi) is 6.10. The van der Waals surface area contributed by atoms with E-state index in [4.69, 9.17) is 21.1 Å². The van der Waals surface area contributed by atoms with Gasteiger partial charge in [-0.25, -0.2) is 0 Å². The molecule has 0 fully saturated rings. The Labute approximate surface area is 135 Å². The van der Waals surface area contributed by atoms with Crippen molar-refractivity contribution in [3.63, 3.8) is 0 Å². The Morgan fingerprint density at radius 3 is 2.50 bits per heavy atom. The Bertz CT molecular complexity index is 631. The van der Waals surface area contributed by atoms with Crippen molar-refractivity contribution in [2.45, 2.75) is 13.3 Å². The molecule has 22 heavy (non-hydrogen) atoms.